The zero-order chi connectivity index (χ0) is 14.2. The van der Waals surface area contributed by atoms with Crippen LogP contribution in [0.4, 0.5) is 17.6 Å². The third kappa shape index (κ3) is 2.60. The lowest BCUT2D eigenvalue weighted by Gasteiger charge is -2.17. The Labute approximate surface area is 106 Å². The predicted octanol–water partition coefficient (Wildman–Crippen LogP) is 2.66. The van der Waals surface area contributed by atoms with Crippen molar-refractivity contribution < 1.29 is 22.7 Å². The van der Waals surface area contributed by atoms with Crippen LogP contribution < -0.4 is 0 Å². The molecule has 0 radical (unpaired) electrons. The second-order valence-corrected chi connectivity index (χ2v) is 4.01. The minimum absolute atomic E-state index is 0.192. The number of halogens is 4. The van der Waals surface area contributed by atoms with Gasteiger partial charge >= 0.3 is 6.18 Å². The summed E-state index contributed by atoms with van der Waals surface area (Å²) in [4.78, 5) is 0. The molecule has 7 heteroatoms. The van der Waals surface area contributed by atoms with Crippen molar-refractivity contribution in [1.29, 1.82) is 0 Å². The van der Waals surface area contributed by atoms with E-state index in [0.717, 1.165) is 12.1 Å². The molecule has 0 spiro atoms. The second-order valence-electron chi connectivity index (χ2n) is 4.01. The SMILES string of the molecule is Cn1nccc1C(O)c1ccc(F)cc1C(F)(F)F. The molecule has 2 rings (SSSR count). The monoisotopic (exact) mass is 274 g/mol. The van der Waals surface area contributed by atoms with Crippen LogP contribution in [0.25, 0.3) is 0 Å². The second kappa shape index (κ2) is 4.65. The molecule has 0 saturated heterocycles. The first kappa shape index (κ1) is 13.5. The molecule has 19 heavy (non-hydrogen) atoms. The van der Waals surface area contributed by atoms with Crippen LogP contribution in [0, 0.1) is 5.82 Å². The number of rotatable bonds is 2. The molecule has 1 N–H and O–H groups in total. The summed E-state index contributed by atoms with van der Waals surface area (Å²) < 4.78 is 52.7. The van der Waals surface area contributed by atoms with Crippen molar-refractivity contribution in [3.63, 3.8) is 0 Å². The van der Waals surface area contributed by atoms with Gasteiger partial charge in [-0.3, -0.25) is 4.68 Å². The highest BCUT2D eigenvalue weighted by atomic mass is 19.4. The van der Waals surface area contributed by atoms with Crippen molar-refractivity contribution in [3.8, 4) is 0 Å². The Bertz CT molecular complexity index is 592. The van der Waals surface area contributed by atoms with Crippen molar-refractivity contribution in [2.24, 2.45) is 7.05 Å². The van der Waals surface area contributed by atoms with Gasteiger partial charge in [-0.25, -0.2) is 4.39 Å². The van der Waals surface area contributed by atoms with Gasteiger partial charge in [0.1, 0.15) is 11.9 Å². The lowest BCUT2D eigenvalue weighted by Crippen LogP contribution is -2.15. The number of aliphatic hydroxyl groups is 1. The van der Waals surface area contributed by atoms with Crippen molar-refractivity contribution in [1.82, 2.24) is 9.78 Å². The molecular weight excluding hydrogens is 264 g/mol. The minimum atomic E-state index is -4.74. The van der Waals surface area contributed by atoms with Gasteiger partial charge in [-0.05, 0) is 23.8 Å². The van der Waals surface area contributed by atoms with E-state index >= 15 is 0 Å². The van der Waals surface area contributed by atoms with Crippen LogP contribution in [-0.2, 0) is 13.2 Å². The molecule has 0 fully saturated rings. The highest BCUT2D eigenvalue weighted by Crippen LogP contribution is 2.36. The first-order chi connectivity index (χ1) is 8.80. The first-order valence-corrected chi connectivity index (χ1v) is 5.33. The van der Waals surface area contributed by atoms with Crippen molar-refractivity contribution in [3.05, 3.63) is 53.1 Å². The summed E-state index contributed by atoms with van der Waals surface area (Å²) in [6.07, 6.45) is -4.91. The van der Waals surface area contributed by atoms with Crippen LogP contribution in [0.1, 0.15) is 22.9 Å². The fraction of sp³-hybridized carbons (Fsp3) is 0.250. The number of aliphatic hydroxyl groups excluding tert-OH is 1. The Hall–Kier alpha value is -1.89. The van der Waals surface area contributed by atoms with Crippen LogP contribution in [0.5, 0.6) is 0 Å². The molecule has 0 saturated carbocycles. The van der Waals surface area contributed by atoms with E-state index in [1.165, 1.54) is 24.0 Å². The lowest BCUT2D eigenvalue weighted by molar-refractivity contribution is -0.139. The van der Waals surface area contributed by atoms with Gasteiger partial charge in [0.15, 0.2) is 0 Å². The number of hydrogen-bond acceptors (Lipinski definition) is 2. The first-order valence-electron chi connectivity index (χ1n) is 5.33. The molecule has 102 valence electrons. The van der Waals surface area contributed by atoms with Crippen LogP contribution in [0.3, 0.4) is 0 Å². The smallest absolute Gasteiger partial charge is 0.382 e. The Morgan fingerprint density at radius 1 is 1.26 bits per heavy atom. The summed E-state index contributed by atoms with van der Waals surface area (Å²) in [5.41, 5.74) is -1.41. The molecular formula is C12H10F4N2O. The number of nitrogens with zero attached hydrogens (tertiary/aromatic N) is 2. The van der Waals surface area contributed by atoms with E-state index in [0.29, 0.717) is 6.07 Å². The summed E-state index contributed by atoms with van der Waals surface area (Å²) in [5.74, 6) is -1.01. The molecule has 1 unspecified atom stereocenters. The van der Waals surface area contributed by atoms with E-state index in [1.54, 1.807) is 0 Å². The van der Waals surface area contributed by atoms with Crippen molar-refractivity contribution in [2.75, 3.05) is 0 Å². The molecule has 0 aliphatic carbocycles. The molecule has 0 bridgehead atoms. The Balaban J connectivity index is 2.54. The van der Waals surface area contributed by atoms with E-state index in [-0.39, 0.29) is 5.69 Å². The maximum absolute atomic E-state index is 13.0. The number of aryl methyl sites for hydroxylation is 1. The summed E-state index contributed by atoms with van der Waals surface area (Å²) in [6, 6.07) is 3.57. The molecule has 0 amide bonds. The Kier molecular flexibility index (Phi) is 3.32. The van der Waals surface area contributed by atoms with E-state index in [2.05, 4.69) is 5.10 Å². The molecule has 2 aromatic rings. The molecule has 0 aliphatic heterocycles. The highest BCUT2D eigenvalue weighted by molar-refractivity contribution is 5.36. The van der Waals surface area contributed by atoms with E-state index in [9.17, 15) is 22.7 Å². The number of alkyl halides is 3. The van der Waals surface area contributed by atoms with Gasteiger partial charge in [0.05, 0.1) is 11.3 Å². The number of benzene rings is 1. The normalized spacial score (nSPS) is 13.6. The third-order valence-corrected chi connectivity index (χ3v) is 2.75. The van der Waals surface area contributed by atoms with E-state index in [4.69, 9.17) is 0 Å². The van der Waals surface area contributed by atoms with Crippen molar-refractivity contribution >= 4 is 0 Å². The van der Waals surface area contributed by atoms with Gasteiger partial charge in [0.25, 0.3) is 0 Å². The van der Waals surface area contributed by atoms with Crippen LogP contribution in [0.15, 0.2) is 30.5 Å². The highest BCUT2D eigenvalue weighted by Gasteiger charge is 2.36. The lowest BCUT2D eigenvalue weighted by atomic mass is 9.99. The van der Waals surface area contributed by atoms with Gasteiger partial charge < -0.3 is 5.11 Å². The van der Waals surface area contributed by atoms with Gasteiger partial charge in [-0.15, -0.1) is 0 Å². The third-order valence-electron chi connectivity index (χ3n) is 2.75. The van der Waals surface area contributed by atoms with E-state index in [1.807, 2.05) is 0 Å². The molecule has 1 aromatic heterocycles. The summed E-state index contributed by atoms with van der Waals surface area (Å²) in [6.45, 7) is 0. The van der Waals surface area contributed by atoms with E-state index < -0.39 is 29.2 Å². The zero-order valence-corrected chi connectivity index (χ0v) is 9.82. The molecule has 1 heterocycles. The Morgan fingerprint density at radius 2 is 1.95 bits per heavy atom. The van der Waals surface area contributed by atoms with Crippen LogP contribution in [-0.4, -0.2) is 14.9 Å². The average molecular weight is 274 g/mol. The van der Waals surface area contributed by atoms with Gasteiger partial charge in [-0.1, -0.05) is 6.07 Å². The fourth-order valence-corrected chi connectivity index (χ4v) is 1.82. The maximum atomic E-state index is 13.0. The minimum Gasteiger partial charge on any atom is -0.382 e. The fourth-order valence-electron chi connectivity index (χ4n) is 1.82. The summed E-state index contributed by atoms with van der Waals surface area (Å²) in [5, 5.41) is 13.8. The average Bonchev–Trinajstić information content (AvgIpc) is 2.73. The zero-order valence-electron chi connectivity index (χ0n) is 9.82. The molecule has 1 aromatic carbocycles. The Morgan fingerprint density at radius 3 is 2.47 bits per heavy atom. The summed E-state index contributed by atoms with van der Waals surface area (Å²) in [7, 11) is 1.50. The van der Waals surface area contributed by atoms with Crippen LogP contribution >= 0.6 is 0 Å². The molecule has 1 atom stereocenters. The number of hydrogen-bond donors (Lipinski definition) is 1. The molecule has 3 nitrogen and oxygen atoms in total. The van der Waals surface area contributed by atoms with Crippen molar-refractivity contribution in [2.45, 2.75) is 12.3 Å². The van der Waals surface area contributed by atoms with Gasteiger partial charge in [0.2, 0.25) is 0 Å². The largest absolute Gasteiger partial charge is 0.416 e. The molecule has 0 aliphatic rings. The maximum Gasteiger partial charge on any atom is 0.416 e. The van der Waals surface area contributed by atoms with Crippen LogP contribution in [0.2, 0.25) is 0 Å². The summed E-state index contributed by atoms with van der Waals surface area (Å²) >= 11 is 0. The number of aromatic nitrogens is 2. The topological polar surface area (TPSA) is 38.0 Å². The van der Waals surface area contributed by atoms with Gasteiger partial charge in [0, 0.05) is 13.2 Å². The van der Waals surface area contributed by atoms with Gasteiger partial charge in [-0.2, -0.15) is 18.3 Å². The predicted molar refractivity (Wildman–Crippen MR) is 58.7 cm³/mol. The standard InChI is InChI=1S/C12H10F4N2O/c1-18-10(4-5-17-18)11(19)8-3-2-7(13)6-9(8)12(14,15)16/h2-6,11,19H,1H3. The quantitative estimate of drug-likeness (QED) is 0.855.